The van der Waals surface area contributed by atoms with Crippen molar-refractivity contribution in [1.82, 2.24) is 9.97 Å². The Hall–Kier alpha value is -3.28. The fourth-order valence-corrected chi connectivity index (χ4v) is 4.43. The second-order valence-electron chi connectivity index (χ2n) is 6.72. The van der Waals surface area contributed by atoms with Gasteiger partial charge in [-0.3, -0.25) is 4.98 Å². The standard InChI is InChI=1S/C25H19ClN2O2S/c1-3-17(18-11-12-27-14-20(18)26)25(16-9-10-23-21(13-16)28-15-31-23)19-7-5-6-8-22(19)30-24(29)4-2/h4-15H,2-3H2,1H3/b25-17+. The highest BCUT2D eigenvalue weighted by Gasteiger charge is 2.19. The topological polar surface area (TPSA) is 52.1 Å². The number of nitrogens with zero attached hydrogens (tertiary/aromatic N) is 2. The molecule has 4 rings (SSSR count). The van der Waals surface area contributed by atoms with Gasteiger partial charge in [0.05, 0.1) is 20.7 Å². The molecule has 0 aliphatic carbocycles. The van der Waals surface area contributed by atoms with Gasteiger partial charge >= 0.3 is 5.97 Å². The minimum atomic E-state index is -0.512. The van der Waals surface area contributed by atoms with Gasteiger partial charge < -0.3 is 4.74 Å². The molecule has 0 atom stereocenters. The molecule has 0 spiro atoms. The third-order valence-electron chi connectivity index (χ3n) is 4.91. The van der Waals surface area contributed by atoms with E-state index in [2.05, 4.69) is 41.7 Å². The summed E-state index contributed by atoms with van der Waals surface area (Å²) in [6, 6.07) is 15.6. The molecular formula is C25H19ClN2O2S. The van der Waals surface area contributed by atoms with Crippen molar-refractivity contribution in [3.05, 3.63) is 101 Å². The molecule has 2 aromatic carbocycles. The Morgan fingerprint density at radius 1 is 1.19 bits per heavy atom. The van der Waals surface area contributed by atoms with E-state index in [4.69, 9.17) is 16.3 Å². The maximum Gasteiger partial charge on any atom is 0.335 e. The summed E-state index contributed by atoms with van der Waals surface area (Å²) in [5, 5.41) is 0.562. The van der Waals surface area contributed by atoms with E-state index < -0.39 is 5.97 Å². The summed E-state index contributed by atoms with van der Waals surface area (Å²) in [5.74, 6) is -0.0568. The number of fused-ring (bicyclic) bond motifs is 1. The molecule has 0 radical (unpaired) electrons. The average Bonchev–Trinajstić information content (AvgIpc) is 3.26. The van der Waals surface area contributed by atoms with Crippen LogP contribution in [0.1, 0.15) is 30.0 Å². The number of hydrogen-bond donors (Lipinski definition) is 0. The molecule has 0 bridgehead atoms. The van der Waals surface area contributed by atoms with E-state index in [1.54, 1.807) is 29.8 Å². The van der Waals surface area contributed by atoms with Gasteiger partial charge in [-0.1, -0.05) is 49.4 Å². The van der Waals surface area contributed by atoms with Gasteiger partial charge in [-0.25, -0.2) is 9.78 Å². The SMILES string of the molecule is C=CC(=O)Oc1ccccc1/C(=C(\CC)c1ccncc1Cl)c1ccc2scnc2c1. The number of halogens is 1. The van der Waals surface area contributed by atoms with Crippen molar-refractivity contribution in [3.63, 3.8) is 0 Å². The van der Waals surface area contributed by atoms with Crippen molar-refractivity contribution in [3.8, 4) is 5.75 Å². The van der Waals surface area contributed by atoms with E-state index in [0.29, 0.717) is 17.2 Å². The Morgan fingerprint density at radius 3 is 2.81 bits per heavy atom. The molecule has 2 aromatic heterocycles. The molecule has 0 saturated heterocycles. The Morgan fingerprint density at radius 2 is 2.03 bits per heavy atom. The predicted molar refractivity (Wildman–Crippen MR) is 127 cm³/mol. The predicted octanol–water partition coefficient (Wildman–Crippen LogP) is 6.81. The molecule has 0 aliphatic heterocycles. The van der Waals surface area contributed by atoms with Crippen LogP contribution < -0.4 is 4.74 Å². The van der Waals surface area contributed by atoms with Gasteiger partial charge in [-0.15, -0.1) is 11.3 Å². The van der Waals surface area contributed by atoms with Crippen molar-refractivity contribution in [1.29, 1.82) is 0 Å². The number of para-hydroxylation sites is 1. The van der Waals surface area contributed by atoms with Gasteiger partial charge in [-0.2, -0.15) is 0 Å². The van der Waals surface area contributed by atoms with Crippen molar-refractivity contribution >= 4 is 50.3 Å². The molecule has 154 valence electrons. The van der Waals surface area contributed by atoms with Gasteiger partial charge in [0.25, 0.3) is 0 Å². The monoisotopic (exact) mass is 446 g/mol. The summed E-state index contributed by atoms with van der Waals surface area (Å²) in [6.07, 6.45) is 5.22. The van der Waals surface area contributed by atoms with Crippen LogP contribution >= 0.6 is 22.9 Å². The first-order valence-electron chi connectivity index (χ1n) is 9.72. The van der Waals surface area contributed by atoms with Gasteiger partial charge in [0.1, 0.15) is 5.75 Å². The molecule has 6 heteroatoms. The number of carbonyl (C=O) groups excluding carboxylic acids is 1. The average molecular weight is 447 g/mol. The second kappa shape index (κ2) is 9.25. The number of thiazole rings is 1. The summed E-state index contributed by atoms with van der Waals surface area (Å²) in [6.45, 7) is 5.59. The normalized spacial score (nSPS) is 11.8. The molecule has 0 unspecified atom stereocenters. The van der Waals surface area contributed by atoms with Crippen molar-refractivity contribution in [2.24, 2.45) is 0 Å². The number of ether oxygens (including phenoxy) is 1. The lowest BCUT2D eigenvalue weighted by Crippen LogP contribution is -2.06. The summed E-state index contributed by atoms with van der Waals surface area (Å²) < 4.78 is 6.69. The minimum absolute atomic E-state index is 0.455. The van der Waals surface area contributed by atoms with E-state index in [1.165, 1.54) is 0 Å². The van der Waals surface area contributed by atoms with Crippen molar-refractivity contribution in [2.75, 3.05) is 0 Å². The second-order valence-corrected chi connectivity index (χ2v) is 8.01. The molecular weight excluding hydrogens is 428 g/mol. The number of allylic oxidation sites excluding steroid dienone is 1. The molecule has 2 heterocycles. The van der Waals surface area contributed by atoms with E-state index in [-0.39, 0.29) is 0 Å². The van der Waals surface area contributed by atoms with Crippen LogP contribution in [-0.4, -0.2) is 15.9 Å². The third kappa shape index (κ3) is 4.29. The van der Waals surface area contributed by atoms with Crippen LogP contribution in [0.3, 0.4) is 0 Å². The largest absolute Gasteiger partial charge is 0.423 e. The van der Waals surface area contributed by atoms with Crippen LogP contribution in [0.15, 0.2) is 79.1 Å². The number of pyridine rings is 1. The van der Waals surface area contributed by atoms with Crippen LogP contribution in [0.5, 0.6) is 5.75 Å². The fraction of sp³-hybridized carbons (Fsp3) is 0.0800. The van der Waals surface area contributed by atoms with Crippen LogP contribution in [0.4, 0.5) is 0 Å². The molecule has 0 aliphatic rings. The number of esters is 1. The van der Waals surface area contributed by atoms with Crippen molar-refractivity contribution < 1.29 is 9.53 Å². The number of hydrogen-bond acceptors (Lipinski definition) is 5. The smallest absolute Gasteiger partial charge is 0.335 e. The number of rotatable bonds is 6. The Bertz CT molecular complexity index is 1310. The van der Waals surface area contributed by atoms with Crippen LogP contribution in [0.25, 0.3) is 21.4 Å². The quantitative estimate of drug-likeness (QED) is 0.185. The lowest BCUT2D eigenvalue weighted by Gasteiger charge is -2.19. The van der Waals surface area contributed by atoms with Gasteiger partial charge in [0.2, 0.25) is 0 Å². The molecule has 4 aromatic rings. The first-order chi connectivity index (χ1) is 15.1. The zero-order chi connectivity index (χ0) is 21.8. The van der Waals surface area contributed by atoms with Crippen LogP contribution in [0.2, 0.25) is 5.02 Å². The van der Waals surface area contributed by atoms with Crippen molar-refractivity contribution in [2.45, 2.75) is 13.3 Å². The number of aromatic nitrogens is 2. The zero-order valence-corrected chi connectivity index (χ0v) is 18.4. The lowest BCUT2D eigenvalue weighted by molar-refractivity contribution is -0.128. The van der Waals surface area contributed by atoms with E-state index >= 15 is 0 Å². The van der Waals surface area contributed by atoms with Crippen LogP contribution in [-0.2, 0) is 4.79 Å². The molecule has 0 saturated carbocycles. The summed E-state index contributed by atoms with van der Waals surface area (Å²) in [5.41, 5.74) is 7.33. The highest BCUT2D eigenvalue weighted by Crippen LogP contribution is 2.41. The molecule has 31 heavy (non-hydrogen) atoms. The van der Waals surface area contributed by atoms with Gasteiger partial charge in [-0.05, 0) is 53.0 Å². The number of benzene rings is 2. The van der Waals surface area contributed by atoms with E-state index in [9.17, 15) is 4.79 Å². The van der Waals surface area contributed by atoms with Gasteiger partial charge in [0.15, 0.2) is 0 Å². The molecule has 4 nitrogen and oxygen atoms in total. The maximum atomic E-state index is 12.0. The maximum absolute atomic E-state index is 12.0. The van der Waals surface area contributed by atoms with E-state index in [0.717, 1.165) is 44.1 Å². The zero-order valence-electron chi connectivity index (χ0n) is 16.8. The molecule has 0 amide bonds. The third-order valence-corrected chi connectivity index (χ3v) is 6.02. The molecule has 0 N–H and O–H groups in total. The highest BCUT2D eigenvalue weighted by molar-refractivity contribution is 7.16. The number of carbonyl (C=O) groups is 1. The summed E-state index contributed by atoms with van der Waals surface area (Å²) >= 11 is 8.13. The van der Waals surface area contributed by atoms with Crippen LogP contribution in [0, 0.1) is 0 Å². The van der Waals surface area contributed by atoms with Gasteiger partial charge in [0, 0.05) is 24.0 Å². The first kappa shape index (κ1) is 21.0. The Balaban J connectivity index is 2.04. The first-order valence-corrected chi connectivity index (χ1v) is 11.0. The summed E-state index contributed by atoms with van der Waals surface area (Å²) in [7, 11) is 0. The lowest BCUT2D eigenvalue weighted by atomic mass is 9.88. The summed E-state index contributed by atoms with van der Waals surface area (Å²) in [4.78, 5) is 20.6. The fourth-order valence-electron chi connectivity index (χ4n) is 3.54. The highest BCUT2D eigenvalue weighted by atomic mass is 35.5. The Kier molecular flexibility index (Phi) is 6.26. The Labute approximate surface area is 189 Å². The van der Waals surface area contributed by atoms with E-state index in [1.807, 2.05) is 29.8 Å². The minimum Gasteiger partial charge on any atom is -0.423 e. The molecule has 0 fully saturated rings.